The van der Waals surface area contributed by atoms with Gasteiger partial charge in [-0.05, 0) is 30.9 Å². The number of rotatable bonds is 8. The fraction of sp³-hybridized carbons (Fsp3) is 0.471. The maximum atomic E-state index is 11.9. The first-order valence-corrected chi connectivity index (χ1v) is 7.59. The number of hydrogen-bond donors (Lipinski definition) is 2. The Morgan fingerprint density at radius 2 is 1.91 bits per heavy atom. The highest BCUT2D eigenvalue weighted by molar-refractivity contribution is 5.79. The summed E-state index contributed by atoms with van der Waals surface area (Å²) in [6.45, 7) is 4.56. The predicted molar refractivity (Wildman–Crippen MR) is 84.8 cm³/mol. The van der Waals surface area contributed by atoms with E-state index in [1.54, 1.807) is 0 Å². The number of nitriles is 1. The minimum atomic E-state index is -0.650. The second kappa shape index (κ2) is 9.56. The summed E-state index contributed by atoms with van der Waals surface area (Å²) in [4.78, 5) is 23.3. The van der Waals surface area contributed by atoms with E-state index in [9.17, 15) is 14.9 Å². The zero-order chi connectivity index (χ0) is 16.4. The summed E-state index contributed by atoms with van der Waals surface area (Å²) >= 11 is 0. The number of hydrogen-bond acceptors (Lipinski definition) is 3. The molecule has 0 heterocycles. The average Bonchev–Trinajstić information content (AvgIpc) is 2.51. The molecule has 5 heteroatoms. The van der Waals surface area contributed by atoms with Gasteiger partial charge in [0.25, 0.3) is 0 Å². The lowest BCUT2D eigenvalue weighted by atomic mass is 10.0. The molecule has 0 spiro atoms. The lowest BCUT2D eigenvalue weighted by Gasteiger charge is -2.14. The first kappa shape index (κ1) is 17.7. The molecule has 2 amide bonds. The normalized spacial score (nSPS) is 11.3. The van der Waals surface area contributed by atoms with Gasteiger partial charge in [0.1, 0.15) is 6.04 Å². The third-order valence-electron chi connectivity index (χ3n) is 3.31. The summed E-state index contributed by atoms with van der Waals surface area (Å²) in [7, 11) is 0. The molecule has 0 aliphatic heterocycles. The monoisotopic (exact) mass is 301 g/mol. The second-order valence-electron chi connectivity index (χ2n) is 5.19. The first-order valence-electron chi connectivity index (χ1n) is 7.59. The van der Waals surface area contributed by atoms with Crippen LogP contribution < -0.4 is 10.6 Å². The molecule has 0 saturated carbocycles. The molecule has 2 N–H and O–H groups in total. The van der Waals surface area contributed by atoms with Crippen molar-refractivity contribution >= 4 is 11.8 Å². The first-order chi connectivity index (χ1) is 10.6. The summed E-state index contributed by atoms with van der Waals surface area (Å²) in [5.74, 6) is -0.247. The van der Waals surface area contributed by atoms with Crippen LogP contribution in [0, 0.1) is 18.3 Å². The molecule has 0 saturated heterocycles. The molecule has 0 radical (unpaired) electrons. The third kappa shape index (κ3) is 5.96. The van der Waals surface area contributed by atoms with Gasteiger partial charge in [0.15, 0.2) is 0 Å². The van der Waals surface area contributed by atoms with Crippen LogP contribution in [0.1, 0.15) is 49.8 Å². The molecule has 0 aromatic heterocycles. The van der Waals surface area contributed by atoms with Crippen molar-refractivity contribution in [3.63, 3.8) is 0 Å². The second-order valence-corrected chi connectivity index (χ2v) is 5.19. The smallest absolute Gasteiger partial charge is 0.221 e. The maximum Gasteiger partial charge on any atom is 0.221 e. The van der Waals surface area contributed by atoms with E-state index in [1.165, 1.54) is 0 Å². The molecule has 0 bridgehead atoms. The van der Waals surface area contributed by atoms with Crippen molar-refractivity contribution < 1.29 is 9.59 Å². The Morgan fingerprint density at radius 3 is 2.55 bits per heavy atom. The Bertz CT molecular complexity index is 549. The SMILES string of the molecule is CCCNC(=O)CCCC(=O)N[C@@H](C#N)c1ccccc1C. The molecule has 0 unspecified atom stereocenters. The van der Waals surface area contributed by atoms with Gasteiger partial charge in [-0.2, -0.15) is 5.26 Å². The highest BCUT2D eigenvalue weighted by Crippen LogP contribution is 2.16. The fourth-order valence-electron chi connectivity index (χ4n) is 2.09. The van der Waals surface area contributed by atoms with Crippen LogP contribution in [-0.4, -0.2) is 18.4 Å². The van der Waals surface area contributed by atoms with Gasteiger partial charge in [0.05, 0.1) is 6.07 Å². The Labute approximate surface area is 131 Å². The van der Waals surface area contributed by atoms with Crippen LogP contribution in [0.4, 0.5) is 0 Å². The van der Waals surface area contributed by atoms with Gasteiger partial charge >= 0.3 is 0 Å². The molecule has 0 aliphatic rings. The topological polar surface area (TPSA) is 82.0 Å². The molecular weight excluding hydrogens is 278 g/mol. The van der Waals surface area contributed by atoms with Gasteiger partial charge in [-0.1, -0.05) is 31.2 Å². The predicted octanol–water partition coefficient (Wildman–Crippen LogP) is 2.37. The number of benzene rings is 1. The minimum absolute atomic E-state index is 0.0367. The van der Waals surface area contributed by atoms with Crippen molar-refractivity contribution in [2.45, 2.75) is 45.6 Å². The summed E-state index contributed by atoms with van der Waals surface area (Å²) in [5, 5.41) is 14.7. The molecule has 22 heavy (non-hydrogen) atoms. The highest BCUT2D eigenvalue weighted by Gasteiger charge is 2.15. The number of aryl methyl sites for hydroxylation is 1. The summed E-state index contributed by atoms with van der Waals surface area (Å²) in [5.41, 5.74) is 1.77. The van der Waals surface area contributed by atoms with Crippen LogP contribution in [0.2, 0.25) is 0 Å². The lowest BCUT2D eigenvalue weighted by Crippen LogP contribution is -2.28. The standard InChI is InChI=1S/C17H23N3O2/c1-3-11-19-16(21)9-6-10-17(22)20-15(12-18)14-8-5-4-7-13(14)2/h4-5,7-8,15H,3,6,9-11H2,1-2H3,(H,19,21)(H,20,22)/t15-/m0/s1. The maximum absolute atomic E-state index is 11.9. The number of amides is 2. The Balaban J connectivity index is 2.42. The molecule has 1 aromatic carbocycles. The third-order valence-corrected chi connectivity index (χ3v) is 3.31. The molecular formula is C17H23N3O2. The molecule has 1 atom stereocenters. The van der Waals surface area contributed by atoms with E-state index in [4.69, 9.17) is 0 Å². The number of carbonyl (C=O) groups excluding carboxylic acids is 2. The van der Waals surface area contributed by atoms with Crippen LogP contribution in [-0.2, 0) is 9.59 Å². The van der Waals surface area contributed by atoms with Crippen LogP contribution in [0.15, 0.2) is 24.3 Å². The highest BCUT2D eigenvalue weighted by atomic mass is 16.2. The van der Waals surface area contributed by atoms with Crippen LogP contribution in [0.25, 0.3) is 0 Å². The molecule has 1 rings (SSSR count). The van der Waals surface area contributed by atoms with Crippen molar-refractivity contribution in [1.82, 2.24) is 10.6 Å². The van der Waals surface area contributed by atoms with Gasteiger partial charge in [-0.3, -0.25) is 9.59 Å². The molecule has 0 aliphatic carbocycles. The van der Waals surface area contributed by atoms with Crippen molar-refractivity contribution in [2.75, 3.05) is 6.54 Å². The van der Waals surface area contributed by atoms with Crippen LogP contribution in [0.5, 0.6) is 0 Å². The largest absolute Gasteiger partial charge is 0.356 e. The van der Waals surface area contributed by atoms with Gasteiger partial charge in [0, 0.05) is 19.4 Å². The van der Waals surface area contributed by atoms with Crippen molar-refractivity contribution in [2.24, 2.45) is 0 Å². The summed E-state index contributed by atoms with van der Waals surface area (Å²) in [6, 6.07) is 8.93. The van der Waals surface area contributed by atoms with Gasteiger partial charge in [-0.15, -0.1) is 0 Å². The van der Waals surface area contributed by atoms with Gasteiger partial charge in [-0.25, -0.2) is 0 Å². The van der Waals surface area contributed by atoms with Crippen LogP contribution in [0.3, 0.4) is 0 Å². The van der Waals surface area contributed by atoms with E-state index in [0.717, 1.165) is 17.5 Å². The molecule has 0 fully saturated rings. The van der Waals surface area contributed by atoms with E-state index in [-0.39, 0.29) is 18.2 Å². The zero-order valence-electron chi connectivity index (χ0n) is 13.2. The van der Waals surface area contributed by atoms with E-state index in [1.807, 2.05) is 38.1 Å². The molecule has 118 valence electrons. The van der Waals surface area contributed by atoms with E-state index < -0.39 is 6.04 Å². The van der Waals surface area contributed by atoms with Gasteiger partial charge < -0.3 is 10.6 Å². The number of nitrogens with one attached hydrogen (secondary N) is 2. The van der Waals surface area contributed by atoms with Crippen molar-refractivity contribution in [1.29, 1.82) is 5.26 Å². The summed E-state index contributed by atoms with van der Waals surface area (Å²) < 4.78 is 0. The van der Waals surface area contributed by atoms with E-state index in [0.29, 0.717) is 19.4 Å². The average molecular weight is 301 g/mol. The quantitative estimate of drug-likeness (QED) is 0.773. The lowest BCUT2D eigenvalue weighted by molar-refractivity contribution is -0.122. The molecule has 5 nitrogen and oxygen atoms in total. The number of nitrogens with zero attached hydrogens (tertiary/aromatic N) is 1. The fourth-order valence-corrected chi connectivity index (χ4v) is 2.09. The van der Waals surface area contributed by atoms with E-state index >= 15 is 0 Å². The van der Waals surface area contributed by atoms with Gasteiger partial charge in [0.2, 0.25) is 11.8 Å². The molecule has 1 aromatic rings. The van der Waals surface area contributed by atoms with Crippen molar-refractivity contribution in [3.05, 3.63) is 35.4 Å². The number of carbonyl (C=O) groups is 2. The van der Waals surface area contributed by atoms with Crippen LogP contribution >= 0.6 is 0 Å². The summed E-state index contributed by atoms with van der Waals surface area (Å²) in [6.07, 6.45) is 1.94. The Morgan fingerprint density at radius 1 is 1.23 bits per heavy atom. The minimum Gasteiger partial charge on any atom is -0.356 e. The Kier molecular flexibility index (Phi) is 7.69. The Hall–Kier alpha value is -2.35. The van der Waals surface area contributed by atoms with Crippen molar-refractivity contribution in [3.8, 4) is 6.07 Å². The van der Waals surface area contributed by atoms with E-state index in [2.05, 4.69) is 16.7 Å². The zero-order valence-corrected chi connectivity index (χ0v) is 13.2.